The molecule has 21 heavy (non-hydrogen) atoms. The molecule has 0 saturated heterocycles. The van der Waals surface area contributed by atoms with Crippen LogP contribution < -0.4 is 15.8 Å². The second kappa shape index (κ2) is 7.15. The number of rotatable bonds is 6. The Morgan fingerprint density at radius 2 is 1.95 bits per heavy atom. The van der Waals surface area contributed by atoms with Gasteiger partial charge in [-0.25, -0.2) is 0 Å². The number of nitrogens with two attached hydrogens (primary N) is 1. The SMILES string of the molecule is CSC1(CNc2nc(N)nc(OC(C)C)n2)CCCCC1. The lowest BCUT2D eigenvalue weighted by Crippen LogP contribution is -2.36. The molecule has 0 bridgehead atoms. The van der Waals surface area contributed by atoms with Crippen LogP contribution in [0, 0.1) is 0 Å². The van der Waals surface area contributed by atoms with Crippen molar-refractivity contribution in [1.82, 2.24) is 15.0 Å². The summed E-state index contributed by atoms with van der Waals surface area (Å²) in [4.78, 5) is 12.4. The maximum atomic E-state index is 5.72. The van der Waals surface area contributed by atoms with Gasteiger partial charge in [-0.15, -0.1) is 0 Å². The summed E-state index contributed by atoms with van der Waals surface area (Å²) in [6, 6.07) is 0.279. The van der Waals surface area contributed by atoms with Gasteiger partial charge in [0.1, 0.15) is 0 Å². The number of nitrogen functional groups attached to an aromatic ring is 1. The highest BCUT2D eigenvalue weighted by atomic mass is 32.2. The van der Waals surface area contributed by atoms with Gasteiger partial charge in [-0.1, -0.05) is 19.3 Å². The normalized spacial score (nSPS) is 17.7. The van der Waals surface area contributed by atoms with Crippen LogP contribution in [0.15, 0.2) is 0 Å². The van der Waals surface area contributed by atoms with Gasteiger partial charge in [-0.2, -0.15) is 26.7 Å². The van der Waals surface area contributed by atoms with E-state index in [1.165, 1.54) is 32.1 Å². The Morgan fingerprint density at radius 3 is 2.57 bits per heavy atom. The molecular weight excluding hydrogens is 286 g/mol. The van der Waals surface area contributed by atoms with Crippen molar-refractivity contribution >= 4 is 23.7 Å². The van der Waals surface area contributed by atoms with E-state index >= 15 is 0 Å². The van der Waals surface area contributed by atoms with E-state index in [-0.39, 0.29) is 22.8 Å². The summed E-state index contributed by atoms with van der Waals surface area (Å²) in [6.45, 7) is 4.70. The van der Waals surface area contributed by atoms with Gasteiger partial charge in [0.25, 0.3) is 0 Å². The summed E-state index contributed by atoms with van der Waals surface area (Å²) < 4.78 is 5.77. The molecule has 0 aromatic carbocycles. The predicted octanol–water partition coefficient (Wildman–Crippen LogP) is 2.72. The molecule has 1 aliphatic rings. The van der Waals surface area contributed by atoms with Crippen LogP contribution in [0.25, 0.3) is 0 Å². The Hall–Kier alpha value is -1.24. The summed E-state index contributed by atoms with van der Waals surface area (Å²) >= 11 is 1.94. The number of hydrogen-bond donors (Lipinski definition) is 2. The van der Waals surface area contributed by atoms with Crippen LogP contribution in [0.1, 0.15) is 46.0 Å². The van der Waals surface area contributed by atoms with Gasteiger partial charge in [0.2, 0.25) is 11.9 Å². The van der Waals surface area contributed by atoms with E-state index in [0.717, 1.165) is 6.54 Å². The van der Waals surface area contributed by atoms with Gasteiger partial charge in [0.15, 0.2) is 0 Å². The van der Waals surface area contributed by atoms with Crippen molar-refractivity contribution in [2.75, 3.05) is 23.9 Å². The lowest BCUT2D eigenvalue weighted by Gasteiger charge is -2.35. The third-order valence-electron chi connectivity index (χ3n) is 3.74. The molecular formula is C14H25N5OS. The van der Waals surface area contributed by atoms with E-state index in [2.05, 4.69) is 26.5 Å². The fourth-order valence-corrected chi connectivity index (χ4v) is 3.52. The fraction of sp³-hybridized carbons (Fsp3) is 0.786. The Labute approximate surface area is 130 Å². The average molecular weight is 311 g/mol. The minimum atomic E-state index is 0.00975. The second-order valence-electron chi connectivity index (χ2n) is 5.77. The number of ether oxygens (including phenoxy) is 1. The van der Waals surface area contributed by atoms with Gasteiger partial charge >= 0.3 is 6.01 Å². The number of nitrogens with one attached hydrogen (secondary N) is 1. The molecule has 0 unspecified atom stereocenters. The summed E-state index contributed by atoms with van der Waals surface area (Å²) in [6.07, 6.45) is 8.59. The molecule has 1 fully saturated rings. The Morgan fingerprint density at radius 1 is 1.24 bits per heavy atom. The molecule has 0 amide bonds. The molecule has 0 spiro atoms. The van der Waals surface area contributed by atoms with Crippen molar-refractivity contribution in [3.63, 3.8) is 0 Å². The molecule has 3 N–H and O–H groups in total. The number of aromatic nitrogens is 3. The Bertz CT molecular complexity index is 463. The van der Waals surface area contributed by atoms with Crippen LogP contribution in [-0.2, 0) is 0 Å². The molecule has 1 saturated carbocycles. The zero-order valence-electron chi connectivity index (χ0n) is 13.1. The highest BCUT2D eigenvalue weighted by Crippen LogP contribution is 2.38. The Kier molecular flexibility index (Phi) is 5.50. The summed E-state index contributed by atoms with van der Waals surface area (Å²) in [5.41, 5.74) is 5.72. The molecule has 1 aliphatic carbocycles. The van der Waals surface area contributed by atoms with E-state index < -0.39 is 0 Å². The van der Waals surface area contributed by atoms with Crippen LogP contribution in [0.2, 0.25) is 0 Å². The highest BCUT2D eigenvalue weighted by Gasteiger charge is 2.31. The lowest BCUT2D eigenvalue weighted by molar-refractivity contribution is 0.222. The first-order valence-electron chi connectivity index (χ1n) is 7.50. The van der Waals surface area contributed by atoms with Gasteiger partial charge in [0, 0.05) is 11.3 Å². The number of hydrogen-bond acceptors (Lipinski definition) is 7. The number of anilines is 2. The number of thioether (sulfide) groups is 1. The van der Waals surface area contributed by atoms with E-state index in [9.17, 15) is 0 Å². The molecule has 0 atom stereocenters. The fourth-order valence-electron chi connectivity index (χ4n) is 2.60. The van der Waals surface area contributed by atoms with Gasteiger partial charge in [-0.3, -0.25) is 0 Å². The van der Waals surface area contributed by atoms with Crippen LogP contribution in [0.5, 0.6) is 6.01 Å². The quantitative estimate of drug-likeness (QED) is 0.835. The lowest BCUT2D eigenvalue weighted by atomic mass is 9.88. The molecule has 7 heteroatoms. The van der Waals surface area contributed by atoms with Gasteiger partial charge < -0.3 is 15.8 Å². The first-order valence-corrected chi connectivity index (χ1v) is 8.73. The standard InChI is InChI=1S/C14H25N5OS/c1-10(2)20-13-18-11(15)17-12(19-13)16-9-14(21-3)7-5-4-6-8-14/h10H,4-9H2,1-3H3,(H3,15,16,17,18,19). The third-order valence-corrected chi connectivity index (χ3v) is 5.16. The maximum Gasteiger partial charge on any atom is 0.323 e. The van der Waals surface area contributed by atoms with Crippen LogP contribution in [-0.4, -0.2) is 38.6 Å². The molecule has 0 aliphatic heterocycles. The van der Waals surface area contributed by atoms with E-state index in [1.54, 1.807) is 0 Å². The predicted molar refractivity (Wildman–Crippen MR) is 87.8 cm³/mol. The second-order valence-corrected chi connectivity index (χ2v) is 7.04. The van der Waals surface area contributed by atoms with E-state index in [4.69, 9.17) is 10.5 Å². The molecule has 1 heterocycles. The monoisotopic (exact) mass is 311 g/mol. The van der Waals surface area contributed by atoms with E-state index in [0.29, 0.717) is 5.95 Å². The smallest absolute Gasteiger partial charge is 0.323 e. The molecule has 1 aromatic rings. The largest absolute Gasteiger partial charge is 0.461 e. The van der Waals surface area contributed by atoms with Crippen molar-refractivity contribution in [2.24, 2.45) is 0 Å². The molecule has 6 nitrogen and oxygen atoms in total. The first-order chi connectivity index (χ1) is 10.0. The highest BCUT2D eigenvalue weighted by molar-refractivity contribution is 8.00. The third kappa shape index (κ3) is 4.62. The van der Waals surface area contributed by atoms with E-state index in [1.807, 2.05) is 25.6 Å². The topological polar surface area (TPSA) is 86.0 Å². The zero-order chi connectivity index (χ0) is 15.3. The minimum Gasteiger partial charge on any atom is -0.461 e. The molecule has 1 aromatic heterocycles. The Balaban J connectivity index is 2.03. The van der Waals surface area contributed by atoms with Crippen molar-refractivity contribution in [2.45, 2.75) is 56.8 Å². The van der Waals surface area contributed by atoms with Gasteiger partial charge in [0.05, 0.1) is 6.10 Å². The van der Waals surface area contributed by atoms with Crippen LogP contribution in [0.4, 0.5) is 11.9 Å². The average Bonchev–Trinajstić information content (AvgIpc) is 2.45. The number of nitrogens with zero attached hydrogens (tertiary/aromatic N) is 3. The minimum absolute atomic E-state index is 0.00975. The van der Waals surface area contributed by atoms with Crippen molar-refractivity contribution in [3.05, 3.63) is 0 Å². The zero-order valence-corrected chi connectivity index (χ0v) is 13.9. The molecule has 118 valence electrons. The van der Waals surface area contributed by atoms with Crippen molar-refractivity contribution in [3.8, 4) is 6.01 Å². The molecule has 2 rings (SSSR count). The van der Waals surface area contributed by atoms with Crippen molar-refractivity contribution in [1.29, 1.82) is 0 Å². The maximum absolute atomic E-state index is 5.72. The van der Waals surface area contributed by atoms with Crippen LogP contribution >= 0.6 is 11.8 Å². The van der Waals surface area contributed by atoms with Gasteiger partial charge in [-0.05, 0) is 32.9 Å². The first kappa shape index (κ1) is 16.1. The summed E-state index contributed by atoms with van der Waals surface area (Å²) in [5, 5.41) is 3.32. The summed E-state index contributed by atoms with van der Waals surface area (Å²) in [7, 11) is 0. The van der Waals surface area contributed by atoms with Crippen LogP contribution in [0.3, 0.4) is 0 Å². The summed E-state index contributed by atoms with van der Waals surface area (Å²) in [5.74, 6) is 0.683. The molecule has 0 radical (unpaired) electrons. The van der Waals surface area contributed by atoms with Crippen molar-refractivity contribution < 1.29 is 4.74 Å².